The molecule has 1 saturated carbocycles. The van der Waals surface area contributed by atoms with Crippen molar-refractivity contribution in [3.63, 3.8) is 0 Å². The van der Waals surface area contributed by atoms with Crippen LogP contribution in [0.2, 0.25) is 0 Å². The average Bonchev–Trinajstić information content (AvgIpc) is 2.44. The Morgan fingerprint density at radius 1 is 1.30 bits per heavy atom. The van der Waals surface area contributed by atoms with Gasteiger partial charge in [-0.2, -0.15) is 0 Å². The Morgan fingerprint density at radius 3 is 2.70 bits per heavy atom. The molecule has 1 aliphatic rings. The van der Waals surface area contributed by atoms with E-state index in [1.54, 1.807) is 0 Å². The van der Waals surface area contributed by atoms with Gasteiger partial charge in [-0.3, -0.25) is 4.79 Å². The van der Waals surface area contributed by atoms with Crippen molar-refractivity contribution in [1.29, 1.82) is 0 Å². The van der Waals surface area contributed by atoms with E-state index in [0.29, 0.717) is 13.0 Å². The molecule has 0 saturated heterocycles. The van der Waals surface area contributed by atoms with Crippen LogP contribution < -0.4 is 10.1 Å². The quantitative estimate of drug-likeness (QED) is 0.867. The summed E-state index contributed by atoms with van der Waals surface area (Å²) in [6.07, 6.45) is 3.69. The van der Waals surface area contributed by atoms with Gasteiger partial charge in [0, 0.05) is 0 Å². The van der Waals surface area contributed by atoms with Crippen LogP contribution in [0.25, 0.3) is 0 Å². The first kappa shape index (κ1) is 14.9. The first-order chi connectivity index (χ1) is 9.65. The van der Waals surface area contributed by atoms with Gasteiger partial charge in [0.1, 0.15) is 5.75 Å². The van der Waals surface area contributed by atoms with Crippen LogP contribution in [0, 0.1) is 6.92 Å². The highest BCUT2D eigenvalue weighted by atomic mass is 16.5. The summed E-state index contributed by atoms with van der Waals surface area (Å²) in [6, 6.07) is 7.67. The fourth-order valence-corrected chi connectivity index (χ4v) is 2.45. The van der Waals surface area contributed by atoms with Crippen molar-refractivity contribution in [2.45, 2.75) is 51.2 Å². The molecule has 0 heterocycles. The molecule has 2 rings (SSSR count). The maximum atomic E-state index is 11.8. The molecule has 20 heavy (non-hydrogen) atoms. The van der Waals surface area contributed by atoms with E-state index in [0.717, 1.165) is 31.4 Å². The SMILES string of the molecule is Cc1ccc(OCCC(=O)N[C@@H]2CCCC[C@H]2O)cc1. The molecule has 1 aromatic rings. The maximum Gasteiger partial charge on any atom is 0.223 e. The summed E-state index contributed by atoms with van der Waals surface area (Å²) in [5.74, 6) is 0.726. The Kier molecular flexibility index (Phi) is 5.41. The number of rotatable bonds is 5. The van der Waals surface area contributed by atoms with E-state index in [-0.39, 0.29) is 11.9 Å². The highest BCUT2D eigenvalue weighted by Gasteiger charge is 2.24. The summed E-state index contributed by atoms with van der Waals surface area (Å²) in [6.45, 7) is 2.38. The van der Waals surface area contributed by atoms with Gasteiger partial charge < -0.3 is 15.2 Å². The number of carbonyl (C=O) groups excluding carboxylic acids is 1. The Bertz CT molecular complexity index is 430. The highest BCUT2D eigenvalue weighted by molar-refractivity contribution is 5.76. The number of nitrogens with one attached hydrogen (secondary N) is 1. The molecule has 0 radical (unpaired) electrons. The smallest absolute Gasteiger partial charge is 0.223 e. The molecule has 1 aliphatic carbocycles. The molecule has 2 atom stereocenters. The first-order valence-corrected chi connectivity index (χ1v) is 7.32. The Morgan fingerprint density at radius 2 is 2.00 bits per heavy atom. The van der Waals surface area contributed by atoms with Crippen molar-refractivity contribution in [3.8, 4) is 5.75 Å². The monoisotopic (exact) mass is 277 g/mol. The molecule has 0 aliphatic heterocycles. The minimum atomic E-state index is -0.397. The molecule has 110 valence electrons. The minimum Gasteiger partial charge on any atom is -0.493 e. The van der Waals surface area contributed by atoms with Crippen LogP contribution in [-0.4, -0.2) is 29.8 Å². The van der Waals surface area contributed by atoms with Crippen molar-refractivity contribution >= 4 is 5.91 Å². The van der Waals surface area contributed by atoms with Gasteiger partial charge in [0.2, 0.25) is 5.91 Å². The lowest BCUT2D eigenvalue weighted by Gasteiger charge is -2.28. The van der Waals surface area contributed by atoms with Crippen LogP contribution in [0.3, 0.4) is 0 Å². The fraction of sp³-hybridized carbons (Fsp3) is 0.562. The molecule has 4 heteroatoms. The van der Waals surface area contributed by atoms with E-state index in [2.05, 4.69) is 5.32 Å². The predicted octanol–water partition coefficient (Wildman–Crippen LogP) is 2.18. The number of benzene rings is 1. The molecule has 0 bridgehead atoms. The van der Waals surface area contributed by atoms with Gasteiger partial charge in [-0.05, 0) is 31.9 Å². The number of aliphatic hydroxyl groups is 1. The van der Waals surface area contributed by atoms with E-state index < -0.39 is 6.10 Å². The number of aryl methyl sites for hydroxylation is 1. The lowest BCUT2D eigenvalue weighted by molar-refractivity contribution is -0.123. The third kappa shape index (κ3) is 4.53. The van der Waals surface area contributed by atoms with Gasteiger partial charge >= 0.3 is 0 Å². The van der Waals surface area contributed by atoms with E-state index >= 15 is 0 Å². The second kappa shape index (κ2) is 7.29. The normalized spacial score (nSPS) is 22.3. The van der Waals surface area contributed by atoms with Crippen molar-refractivity contribution in [3.05, 3.63) is 29.8 Å². The summed E-state index contributed by atoms with van der Waals surface area (Å²) < 4.78 is 5.52. The summed E-state index contributed by atoms with van der Waals surface area (Å²) in [5.41, 5.74) is 1.18. The second-order valence-corrected chi connectivity index (χ2v) is 5.44. The van der Waals surface area contributed by atoms with Crippen LogP contribution in [0.5, 0.6) is 5.75 Å². The molecule has 0 aromatic heterocycles. The van der Waals surface area contributed by atoms with E-state index in [1.807, 2.05) is 31.2 Å². The summed E-state index contributed by atoms with van der Waals surface area (Å²) >= 11 is 0. The third-order valence-corrected chi connectivity index (χ3v) is 3.69. The van der Waals surface area contributed by atoms with Gasteiger partial charge in [-0.25, -0.2) is 0 Å². The van der Waals surface area contributed by atoms with Gasteiger partial charge in [-0.1, -0.05) is 30.5 Å². The van der Waals surface area contributed by atoms with E-state index in [9.17, 15) is 9.90 Å². The maximum absolute atomic E-state index is 11.8. The molecule has 4 nitrogen and oxygen atoms in total. The van der Waals surface area contributed by atoms with E-state index in [4.69, 9.17) is 4.74 Å². The number of hydrogen-bond acceptors (Lipinski definition) is 3. The van der Waals surface area contributed by atoms with Crippen LogP contribution in [0.4, 0.5) is 0 Å². The summed E-state index contributed by atoms with van der Waals surface area (Å²) in [5, 5.41) is 12.7. The van der Waals surface area contributed by atoms with Crippen LogP contribution in [-0.2, 0) is 4.79 Å². The van der Waals surface area contributed by atoms with Crippen LogP contribution in [0.1, 0.15) is 37.7 Å². The van der Waals surface area contributed by atoms with Crippen molar-refractivity contribution < 1.29 is 14.6 Å². The zero-order chi connectivity index (χ0) is 14.4. The fourth-order valence-electron chi connectivity index (χ4n) is 2.45. The van der Waals surface area contributed by atoms with Crippen LogP contribution in [0.15, 0.2) is 24.3 Å². The van der Waals surface area contributed by atoms with Crippen molar-refractivity contribution in [1.82, 2.24) is 5.32 Å². The molecule has 0 spiro atoms. The first-order valence-electron chi connectivity index (χ1n) is 7.32. The number of carbonyl (C=O) groups is 1. The third-order valence-electron chi connectivity index (χ3n) is 3.69. The zero-order valence-corrected chi connectivity index (χ0v) is 12.0. The minimum absolute atomic E-state index is 0.0527. The standard InChI is InChI=1S/C16H23NO3/c1-12-6-8-13(9-7-12)20-11-10-16(19)17-14-4-2-3-5-15(14)18/h6-9,14-15,18H,2-5,10-11H2,1H3,(H,17,19)/t14-,15-/m1/s1. The Balaban J connectivity index is 1.68. The van der Waals surface area contributed by atoms with Gasteiger partial charge in [0.25, 0.3) is 0 Å². The number of hydrogen-bond donors (Lipinski definition) is 2. The van der Waals surface area contributed by atoms with Crippen molar-refractivity contribution in [2.24, 2.45) is 0 Å². The number of ether oxygens (including phenoxy) is 1. The Hall–Kier alpha value is -1.55. The molecule has 0 unspecified atom stereocenters. The second-order valence-electron chi connectivity index (χ2n) is 5.44. The van der Waals surface area contributed by atoms with Gasteiger partial charge in [0.05, 0.1) is 25.2 Å². The topological polar surface area (TPSA) is 58.6 Å². The van der Waals surface area contributed by atoms with Crippen molar-refractivity contribution in [2.75, 3.05) is 6.61 Å². The van der Waals surface area contributed by atoms with Gasteiger partial charge in [-0.15, -0.1) is 0 Å². The number of amides is 1. The molecule has 1 amide bonds. The lowest BCUT2D eigenvalue weighted by atomic mass is 9.92. The summed E-state index contributed by atoms with van der Waals surface area (Å²) in [7, 11) is 0. The highest BCUT2D eigenvalue weighted by Crippen LogP contribution is 2.18. The lowest BCUT2D eigenvalue weighted by Crippen LogP contribution is -2.45. The van der Waals surface area contributed by atoms with E-state index in [1.165, 1.54) is 5.56 Å². The van der Waals surface area contributed by atoms with Gasteiger partial charge in [0.15, 0.2) is 0 Å². The molecular weight excluding hydrogens is 254 g/mol. The largest absolute Gasteiger partial charge is 0.493 e. The predicted molar refractivity (Wildman–Crippen MR) is 77.7 cm³/mol. The van der Waals surface area contributed by atoms with Crippen LogP contribution >= 0.6 is 0 Å². The number of aliphatic hydroxyl groups excluding tert-OH is 1. The molecule has 1 aromatic carbocycles. The summed E-state index contributed by atoms with van der Waals surface area (Å²) in [4.78, 5) is 11.8. The zero-order valence-electron chi connectivity index (χ0n) is 12.0. The molecular formula is C16H23NO3. The molecule has 1 fully saturated rings. The Labute approximate surface area is 120 Å². The molecule has 2 N–H and O–H groups in total. The average molecular weight is 277 g/mol.